The van der Waals surface area contributed by atoms with Crippen LogP contribution < -0.4 is 5.43 Å². The highest BCUT2D eigenvalue weighted by atomic mass is 79.9. The van der Waals surface area contributed by atoms with Crippen molar-refractivity contribution < 1.29 is 14.7 Å². The van der Waals surface area contributed by atoms with E-state index in [1.807, 2.05) is 60.7 Å². The van der Waals surface area contributed by atoms with Gasteiger partial charge in [0.15, 0.2) is 0 Å². The normalized spacial score (nSPS) is 10.9. The maximum absolute atomic E-state index is 11.8. The molecule has 3 aromatic rings. The number of halogens is 1. The highest BCUT2D eigenvalue weighted by Crippen LogP contribution is 2.17. The van der Waals surface area contributed by atoms with Gasteiger partial charge in [-0.15, -0.1) is 0 Å². The van der Waals surface area contributed by atoms with Gasteiger partial charge in [0.1, 0.15) is 0 Å². The summed E-state index contributed by atoms with van der Waals surface area (Å²) in [4.78, 5) is 22.8. The Morgan fingerprint density at radius 1 is 0.793 bits per heavy atom. The molecule has 0 radical (unpaired) electrons. The first-order valence-electron chi connectivity index (χ1n) is 8.74. The zero-order valence-electron chi connectivity index (χ0n) is 15.2. The number of benzene rings is 3. The van der Waals surface area contributed by atoms with Crippen LogP contribution in [0.15, 0.2) is 101 Å². The van der Waals surface area contributed by atoms with Gasteiger partial charge >= 0.3 is 5.97 Å². The molecular weight excluding hydrogens is 432 g/mol. The van der Waals surface area contributed by atoms with Crippen LogP contribution in [0.3, 0.4) is 0 Å². The maximum Gasteiger partial charge on any atom is 0.376 e. The Kier molecular flexibility index (Phi) is 6.71. The van der Waals surface area contributed by atoms with Crippen LogP contribution in [0.2, 0.25) is 0 Å². The summed E-state index contributed by atoms with van der Waals surface area (Å²) < 4.78 is 0.864. The van der Waals surface area contributed by atoms with E-state index in [-0.39, 0.29) is 5.70 Å². The summed E-state index contributed by atoms with van der Waals surface area (Å²) in [5.41, 5.74) is 6.23. The second kappa shape index (κ2) is 9.61. The van der Waals surface area contributed by atoms with Crippen LogP contribution in [0.25, 0.3) is 5.70 Å². The Balaban J connectivity index is 2.04. The Labute approximate surface area is 176 Å². The number of carboxylic acid groups (broad SMARTS) is 1. The number of hydrazone groups is 1. The Morgan fingerprint density at radius 3 is 1.79 bits per heavy atom. The SMILES string of the molecule is O=C(O)C(=O)/C=C(\NN=C(c1ccccc1)c1ccccc1)c1ccc(Br)cc1. The van der Waals surface area contributed by atoms with E-state index in [0.29, 0.717) is 11.3 Å². The van der Waals surface area contributed by atoms with Crippen LogP contribution in [0.5, 0.6) is 0 Å². The number of rotatable bonds is 7. The maximum atomic E-state index is 11.8. The third kappa shape index (κ3) is 5.49. The molecule has 0 amide bonds. The fourth-order valence-corrected chi connectivity index (χ4v) is 2.87. The molecule has 2 N–H and O–H groups in total. The van der Waals surface area contributed by atoms with Crippen LogP contribution in [-0.2, 0) is 9.59 Å². The molecule has 0 fully saturated rings. The lowest BCUT2D eigenvalue weighted by Gasteiger charge is -2.11. The first-order chi connectivity index (χ1) is 14.0. The minimum absolute atomic E-state index is 0.286. The summed E-state index contributed by atoms with van der Waals surface area (Å²) in [5, 5.41) is 13.5. The van der Waals surface area contributed by atoms with Gasteiger partial charge in [0.2, 0.25) is 0 Å². The van der Waals surface area contributed by atoms with Gasteiger partial charge in [0.25, 0.3) is 5.78 Å². The smallest absolute Gasteiger partial charge is 0.376 e. The number of aliphatic carboxylic acids is 1. The minimum atomic E-state index is -1.53. The number of nitrogens with zero attached hydrogens (tertiary/aromatic N) is 1. The van der Waals surface area contributed by atoms with Crippen LogP contribution >= 0.6 is 15.9 Å². The van der Waals surface area contributed by atoms with E-state index in [1.165, 1.54) is 0 Å². The third-order valence-electron chi connectivity index (χ3n) is 4.02. The van der Waals surface area contributed by atoms with Crippen LogP contribution in [-0.4, -0.2) is 22.6 Å². The third-order valence-corrected chi connectivity index (χ3v) is 4.55. The fraction of sp³-hybridized carbons (Fsp3) is 0. The van der Waals surface area contributed by atoms with Crippen molar-refractivity contribution in [2.75, 3.05) is 0 Å². The number of carbonyl (C=O) groups is 2. The van der Waals surface area contributed by atoms with Crippen molar-refractivity contribution in [3.63, 3.8) is 0 Å². The summed E-state index contributed by atoms with van der Waals surface area (Å²) in [6, 6.07) is 26.3. The second-order valence-corrected chi connectivity index (χ2v) is 6.95. The zero-order valence-corrected chi connectivity index (χ0v) is 16.8. The summed E-state index contributed by atoms with van der Waals surface area (Å²) in [6.07, 6.45) is 1.03. The number of carbonyl (C=O) groups excluding carboxylic acids is 1. The Bertz CT molecular complexity index is 1020. The predicted octanol–water partition coefficient (Wildman–Crippen LogP) is 4.49. The molecule has 0 saturated heterocycles. The summed E-state index contributed by atoms with van der Waals surface area (Å²) in [7, 11) is 0. The largest absolute Gasteiger partial charge is 0.475 e. The molecule has 6 heteroatoms. The summed E-state index contributed by atoms with van der Waals surface area (Å²) >= 11 is 3.36. The highest BCUT2D eigenvalue weighted by Gasteiger charge is 2.12. The van der Waals surface area contributed by atoms with Crippen molar-refractivity contribution in [1.29, 1.82) is 0 Å². The van der Waals surface area contributed by atoms with Crippen molar-refractivity contribution in [2.24, 2.45) is 5.10 Å². The number of hydrogen-bond donors (Lipinski definition) is 2. The van der Waals surface area contributed by atoms with E-state index in [2.05, 4.69) is 26.5 Å². The molecule has 0 aliphatic heterocycles. The van der Waals surface area contributed by atoms with Crippen LogP contribution in [0.4, 0.5) is 0 Å². The van der Waals surface area contributed by atoms with Gasteiger partial charge in [-0.1, -0.05) is 88.7 Å². The second-order valence-electron chi connectivity index (χ2n) is 6.04. The van der Waals surface area contributed by atoms with Gasteiger partial charge < -0.3 is 5.11 Å². The minimum Gasteiger partial charge on any atom is -0.475 e. The van der Waals surface area contributed by atoms with Gasteiger partial charge in [-0.25, -0.2) is 4.79 Å². The molecule has 29 heavy (non-hydrogen) atoms. The van der Waals surface area contributed by atoms with E-state index >= 15 is 0 Å². The number of nitrogens with one attached hydrogen (secondary N) is 1. The molecule has 0 aromatic heterocycles. The molecule has 144 valence electrons. The standard InChI is InChI=1S/C23H17BrN2O3/c24-19-13-11-16(12-14-19)20(15-21(27)23(28)29)25-26-22(17-7-3-1-4-8-17)18-9-5-2-6-10-18/h1-15,25H,(H,28,29)/b20-15-. The van der Waals surface area contributed by atoms with E-state index in [0.717, 1.165) is 21.7 Å². The van der Waals surface area contributed by atoms with E-state index in [9.17, 15) is 9.59 Å². The van der Waals surface area contributed by atoms with Crippen molar-refractivity contribution in [3.8, 4) is 0 Å². The monoisotopic (exact) mass is 448 g/mol. The predicted molar refractivity (Wildman–Crippen MR) is 116 cm³/mol. The first-order valence-corrected chi connectivity index (χ1v) is 9.53. The van der Waals surface area contributed by atoms with Gasteiger partial charge in [-0.2, -0.15) is 5.10 Å². The van der Waals surface area contributed by atoms with Gasteiger partial charge in [-0.05, 0) is 17.7 Å². The Morgan fingerprint density at radius 2 is 1.31 bits per heavy atom. The summed E-state index contributed by atoms with van der Waals surface area (Å²) in [6.45, 7) is 0. The van der Waals surface area contributed by atoms with E-state index < -0.39 is 11.8 Å². The molecule has 0 saturated carbocycles. The lowest BCUT2D eigenvalue weighted by molar-refractivity contribution is -0.146. The molecule has 0 heterocycles. The van der Waals surface area contributed by atoms with E-state index in [4.69, 9.17) is 5.11 Å². The molecule has 0 bridgehead atoms. The van der Waals surface area contributed by atoms with Gasteiger partial charge in [0, 0.05) is 21.7 Å². The lowest BCUT2D eigenvalue weighted by Crippen LogP contribution is -2.16. The highest BCUT2D eigenvalue weighted by molar-refractivity contribution is 9.10. The number of hydrogen-bond acceptors (Lipinski definition) is 4. The average molecular weight is 449 g/mol. The first kappa shape index (κ1) is 20.2. The molecule has 5 nitrogen and oxygen atoms in total. The quantitative estimate of drug-likeness (QED) is 0.241. The average Bonchev–Trinajstić information content (AvgIpc) is 2.75. The van der Waals surface area contributed by atoms with Crippen molar-refractivity contribution in [3.05, 3.63) is 112 Å². The molecule has 3 aromatic carbocycles. The number of ketones is 1. The van der Waals surface area contributed by atoms with Crippen molar-refractivity contribution in [1.82, 2.24) is 5.43 Å². The topological polar surface area (TPSA) is 78.8 Å². The summed E-state index contributed by atoms with van der Waals surface area (Å²) in [5.74, 6) is -2.57. The molecule has 0 aliphatic rings. The molecule has 3 rings (SSSR count). The van der Waals surface area contributed by atoms with Crippen molar-refractivity contribution in [2.45, 2.75) is 0 Å². The molecule has 0 unspecified atom stereocenters. The van der Waals surface area contributed by atoms with Crippen LogP contribution in [0.1, 0.15) is 16.7 Å². The lowest BCUT2D eigenvalue weighted by atomic mass is 10.0. The van der Waals surface area contributed by atoms with Gasteiger partial charge in [-0.3, -0.25) is 10.2 Å². The van der Waals surface area contributed by atoms with Gasteiger partial charge in [0.05, 0.1) is 11.4 Å². The molecular formula is C23H17BrN2O3. The van der Waals surface area contributed by atoms with Crippen molar-refractivity contribution >= 4 is 39.1 Å². The molecule has 0 spiro atoms. The van der Waals surface area contributed by atoms with E-state index in [1.54, 1.807) is 24.3 Å². The molecule has 0 atom stereocenters. The Hall–Kier alpha value is -3.51. The number of carboxylic acids is 1. The van der Waals surface area contributed by atoms with Crippen LogP contribution in [0, 0.1) is 0 Å². The fourth-order valence-electron chi connectivity index (χ4n) is 2.61. The molecule has 0 aliphatic carbocycles. The zero-order chi connectivity index (χ0) is 20.6.